The van der Waals surface area contributed by atoms with E-state index in [1.54, 1.807) is 25.2 Å². The maximum atomic E-state index is 13.0. The molecule has 0 N–H and O–H groups in total. The first-order chi connectivity index (χ1) is 13.9. The number of carbonyl (C=O) groups is 1. The summed E-state index contributed by atoms with van der Waals surface area (Å²) in [5.74, 6) is 1.39. The zero-order valence-corrected chi connectivity index (χ0v) is 17.4. The van der Waals surface area contributed by atoms with Crippen molar-refractivity contribution < 1.29 is 22.7 Å². The van der Waals surface area contributed by atoms with Gasteiger partial charge in [-0.1, -0.05) is 24.3 Å². The maximum absolute atomic E-state index is 13.0. The van der Waals surface area contributed by atoms with Crippen molar-refractivity contribution in [1.29, 1.82) is 0 Å². The minimum absolute atomic E-state index is 0.00523. The van der Waals surface area contributed by atoms with Crippen LogP contribution >= 0.6 is 0 Å². The third-order valence-electron chi connectivity index (χ3n) is 4.98. The molecule has 7 heteroatoms. The van der Waals surface area contributed by atoms with Gasteiger partial charge in [0.2, 0.25) is 5.91 Å². The first-order valence-corrected chi connectivity index (χ1v) is 11.2. The number of sulfone groups is 1. The molecule has 2 aromatic carbocycles. The quantitative estimate of drug-likeness (QED) is 0.650. The Labute approximate surface area is 171 Å². The lowest BCUT2D eigenvalue weighted by atomic mass is 10.1. The van der Waals surface area contributed by atoms with E-state index in [0.29, 0.717) is 13.0 Å². The van der Waals surface area contributed by atoms with Crippen LogP contribution in [0.15, 0.2) is 54.6 Å². The fourth-order valence-corrected chi connectivity index (χ4v) is 5.04. The van der Waals surface area contributed by atoms with Crippen molar-refractivity contribution in [1.82, 2.24) is 4.90 Å². The van der Waals surface area contributed by atoms with Crippen molar-refractivity contribution in [2.24, 2.45) is 0 Å². The Morgan fingerprint density at radius 2 is 1.62 bits per heavy atom. The third kappa shape index (κ3) is 5.60. The first-order valence-electron chi connectivity index (χ1n) is 9.36. The Hall–Kier alpha value is -2.80. The average molecular weight is 416 g/mol. The number of amides is 1. The van der Waals surface area contributed by atoms with Gasteiger partial charge in [0.1, 0.15) is 11.5 Å². The molecular formula is C22H25NO5S. The molecule has 154 valence electrons. The minimum atomic E-state index is -3.10. The molecule has 0 aromatic heterocycles. The van der Waals surface area contributed by atoms with Gasteiger partial charge in [0.25, 0.3) is 0 Å². The number of hydrogen-bond acceptors (Lipinski definition) is 5. The van der Waals surface area contributed by atoms with E-state index in [4.69, 9.17) is 9.47 Å². The molecular weight excluding hydrogens is 390 g/mol. The van der Waals surface area contributed by atoms with Gasteiger partial charge in [-0.2, -0.15) is 0 Å². The van der Waals surface area contributed by atoms with Crippen LogP contribution in [-0.4, -0.2) is 51.0 Å². The van der Waals surface area contributed by atoms with E-state index in [9.17, 15) is 13.2 Å². The average Bonchev–Trinajstić information content (AvgIpc) is 3.10. The molecule has 0 radical (unpaired) electrons. The molecule has 1 aliphatic rings. The normalized spacial score (nSPS) is 17.9. The van der Waals surface area contributed by atoms with Crippen molar-refractivity contribution in [3.05, 3.63) is 65.7 Å². The van der Waals surface area contributed by atoms with Crippen LogP contribution in [0.25, 0.3) is 6.08 Å². The van der Waals surface area contributed by atoms with Gasteiger partial charge in [0.15, 0.2) is 9.84 Å². The van der Waals surface area contributed by atoms with Gasteiger partial charge in [-0.15, -0.1) is 0 Å². The Morgan fingerprint density at radius 3 is 2.14 bits per heavy atom. The number of rotatable bonds is 7. The van der Waals surface area contributed by atoms with Crippen LogP contribution < -0.4 is 9.47 Å². The lowest BCUT2D eigenvalue weighted by Crippen LogP contribution is -2.39. The topological polar surface area (TPSA) is 72.9 Å². The molecule has 1 atom stereocenters. The van der Waals surface area contributed by atoms with Crippen LogP contribution in [0.5, 0.6) is 11.5 Å². The van der Waals surface area contributed by atoms with Crippen LogP contribution in [0, 0.1) is 0 Å². The molecule has 29 heavy (non-hydrogen) atoms. The molecule has 1 amide bonds. The zero-order valence-electron chi connectivity index (χ0n) is 16.6. The Morgan fingerprint density at radius 1 is 1.03 bits per heavy atom. The van der Waals surface area contributed by atoms with Gasteiger partial charge in [-0.3, -0.25) is 4.79 Å². The molecule has 1 fully saturated rings. The summed E-state index contributed by atoms with van der Waals surface area (Å²) in [6.45, 7) is 0.343. The van der Waals surface area contributed by atoms with E-state index in [0.717, 1.165) is 22.6 Å². The van der Waals surface area contributed by atoms with Gasteiger partial charge >= 0.3 is 0 Å². The summed E-state index contributed by atoms with van der Waals surface area (Å²) < 4.78 is 34.2. The summed E-state index contributed by atoms with van der Waals surface area (Å²) in [6.07, 6.45) is 3.68. The molecule has 1 heterocycles. The molecule has 0 bridgehead atoms. The third-order valence-corrected chi connectivity index (χ3v) is 6.73. The number of nitrogens with zero attached hydrogens (tertiary/aromatic N) is 1. The Kier molecular flexibility index (Phi) is 6.59. The van der Waals surface area contributed by atoms with Gasteiger partial charge in [0, 0.05) is 18.7 Å². The molecule has 0 saturated carbocycles. The summed E-state index contributed by atoms with van der Waals surface area (Å²) in [4.78, 5) is 14.6. The van der Waals surface area contributed by atoms with E-state index in [1.165, 1.54) is 6.08 Å². The van der Waals surface area contributed by atoms with Crippen molar-refractivity contribution >= 4 is 21.8 Å². The Balaban J connectivity index is 1.78. The van der Waals surface area contributed by atoms with Crippen molar-refractivity contribution in [3.8, 4) is 11.5 Å². The second-order valence-corrected chi connectivity index (χ2v) is 9.21. The molecule has 1 unspecified atom stereocenters. The second-order valence-electron chi connectivity index (χ2n) is 6.98. The van der Waals surface area contributed by atoms with Crippen LogP contribution in [0.4, 0.5) is 0 Å². The number of ether oxygens (including phenoxy) is 2. The van der Waals surface area contributed by atoms with Gasteiger partial charge in [0.05, 0.1) is 25.7 Å². The van der Waals surface area contributed by atoms with Crippen LogP contribution in [0.3, 0.4) is 0 Å². The number of methoxy groups -OCH3 is 2. The summed E-state index contributed by atoms with van der Waals surface area (Å²) >= 11 is 0. The highest BCUT2D eigenvalue weighted by molar-refractivity contribution is 7.91. The van der Waals surface area contributed by atoms with E-state index in [1.807, 2.05) is 48.5 Å². The number of hydrogen-bond donors (Lipinski definition) is 0. The minimum Gasteiger partial charge on any atom is -0.497 e. The van der Waals surface area contributed by atoms with Crippen LogP contribution in [0.2, 0.25) is 0 Å². The molecule has 2 aromatic rings. The highest BCUT2D eigenvalue weighted by atomic mass is 32.2. The summed E-state index contributed by atoms with van der Waals surface area (Å²) in [5.41, 5.74) is 1.78. The second kappa shape index (κ2) is 9.13. The molecule has 0 aliphatic carbocycles. The molecule has 3 rings (SSSR count). The summed E-state index contributed by atoms with van der Waals surface area (Å²) in [6, 6.07) is 14.5. The van der Waals surface area contributed by atoms with Crippen molar-refractivity contribution in [2.75, 3.05) is 25.7 Å². The SMILES string of the molecule is COc1ccc(/C=C/C(=O)N(Cc2ccc(OC)cc2)C2CCS(=O)(=O)C2)cc1. The zero-order chi connectivity index (χ0) is 20.9. The van der Waals surface area contributed by atoms with E-state index >= 15 is 0 Å². The largest absolute Gasteiger partial charge is 0.497 e. The van der Waals surface area contributed by atoms with Gasteiger partial charge < -0.3 is 14.4 Å². The van der Waals surface area contributed by atoms with Gasteiger partial charge in [-0.05, 0) is 47.9 Å². The highest BCUT2D eigenvalue weighted by Gasteiger charge is 2.34. The summed E-state index contributed by atoms with van der Waals surface area (Å²) in [5, 5.41) is 0. The van der Waals surface area contributed by atoms with E-state index in [2.05, 4.69) is 0 Å². The summed E-state index contributed by atoms with van der Waals surface area (Å²) in [7, 11) is 0.0901. The van der Waals surface area contributed by atoms with Crippen LogP contribution in [0.1, 0.15) is 17.5 Å². The monoisotopic (exact) mass is 415 g/mol. The predicted octanol–water partition coefficient (Wildman–Crippen LogP) is 2.93. The smallest absolute Gasteiger partial charge is 0.247 e. The molecule has 6 nitrogen and oxygen atoms in total. The molecule has 1 aliphatic heterocycles. The number of benzene rings is 2. The standard InChI is InChI=1S/C22H25NO5S/c1-27-20-8-3-17(4-9-20)7-12-22(24)23(19-13-14-29(25,26)16-19)15-18-5-10-21(28-2)11-6-18/h3-12,19H,13-16H2,1-2H3/b12-7+. The maximum Gasteiger partial charge on any atom is 0.247 e. The van der Waals surface area contributed by atoms with E-state index < -0.39 is 9.84 Å². The lowest BCUT2D eigenvalue weighted by Gasteiger charge is -2.27. The predicted molar refractivity (Wildman–Crippen MR) is 113 cm³/mol. The molecule has 1 saturated heterocycles. The first kappa shape index (κ1) is 20.9. The highest BCUT2D eigenvalue weighted by Crippen LogP contribution is 2.22. The fraction of sp³-hybridized carbons (Fsp3) is 0.318. The van der Waals surface area contributed by atoms with Crippen LogP contribution in [-0.2, 0) is 21.2 Å². The van der Waals surface area contributed by atoms with Crippen molar-refractivity contribution in [3.63, 3.8) is 0 Å². The van der Waals surface area contributed by atoms with E-state index in [-0.39, 0.29) is 23.5 Å². The Bertz CT molecular complexity index is 965. The molecule has 0 spiro atoms. The van der Waals surface area contributed by atoms with Gasteiger partial charge in [-0.25, -0.2) is 8.42 Å². The lowest BCUT2D eigenvalue weighted by molar-refractivity contribution is -0.128. The van der Waals surface area contributed by atoms with Crippen molar-refractivity contribution in [2.45, 2.75) is 19.0 Å². The fourth-order valence-electron chi connectivity index (χ4n) is 3.31. The number of carbonyl (C=O) groups excluding carboxylic acids is 1.